The second-order valence-electron chi connectivity index (χ2n) is 6.49. The molecule has 2 aromatic carbocycles. The Balaban J connectivity index is 2.06. The van der Waals surface area contributed by atoms with Crippen molar-refractivity contribution in [3.05, 3.63) is 68.7 Å². The molecule has 3 rings (SSSR count). The maximum Gasteiger partial charge on any atom is 0.344 e. The first-order valence-corrected chi connectivity index (χ1v) is 11.8. The van der Waals surface area contributed by atoms with Crippen LogP contribution in [-0.4, -0.2) is 35.9 Å². The number of para-hydroxylation sites is 1. The zero-order chi connectivity index (χ0) is 23.1. The molecule has 0 amide bonds. The summed E-state index contributed by atoms with van der Waals surface area (Å²) < 4.78 is 17.3. The van der Waals surface area contributed by atoms with Gasteiger partial charge in [0.2, 0.25) is 0 Å². The van der Waals surface area contributed by atoms with Crippen molar-refractivity contribution in [2.75, 3.05) is 19.8 Å². The van der Waals surface area contributed by atoms with E-state index in [0.717, 1.165) is 10.0 Å². The van der Waals surface area contributed by atoms with Gasteiger partial charge in [0, 0.05) is 4.47 Å². The van der Waals surface area contributed by atoms with Gasteiger partial charge in [-0.05, 0) is 56.7 Å². The number of nitrogens with zero attached hydrogens (tertiary/aromatic N) is 1. The number of carbonyl (C=O) groups is 1. The van der Waals surface area contributed by atoms with Crippen LogP contribution in [0.2, 0.25) is 0 Å². The monoisotopic (exact) mass is 517 g/mol. The third-order valence-corrected chi connectivity index (χ3v) is 6.01. The Kier molecular flexibility index (Phi) is 8.41. The highest BCUT2D eigenvalue weighted by atomic mass is 79.9. The Morgan fingerprint density at radius 2 is 1.72 bits per heavy atom. The molecule has 0 radical (unpaired) electrons. The first-order chi connectivity index (χ1) is 15.5. The SMILES string of the molecule is CCOC(=O)C1=C(O)/C(=C/c2cc(OCC)c(OCC)cc2Br)SC1=Nc1ccccc1. The number of benzene rings is 2. The second kappa shape index (κ2) is 11.2. The zero-order valence-electron chi connectivity index (χ0n) is 18.1. The van der Waals surface area contributed by atoms with Crippen molar-refractivity contribution < 1.29 is 24.1 Å². The summed E-state index contributed by atoms with van der Waals surface area (Å²) in [7, 11) is 0. The van der Waals surface area contributed by atoms with Gasteiger partial charge in [-0.2, -0.15) is 0 Å². The molecule has 0 saturated heterocycles. The van der Waals surface area contributed by atoms with Crippen LogP contribution in [0.5, 0.6) is 11.5 Å². The fourth-order valence-corrected chi connectivity index (χ4v) is 4.41. The van der Waals surface area contributed by atoms with E-state index in [1.54, 1.807) is 13.0 Å². The number of aliphatic hydroxyl groups excluding tert-OH is 1. The predicted octanol–water partition coefficient (Wildman–Crippen LogP) is 6.44. The van der Waals surface area contributed by atoms with Crippen LogP contribution in [0.1, 0.15) is 26.3 Å². The summed E-state index contributed by atoms with van der Waals surface area (Å²) in [6.45, 7) is 6.71. The van der Waals surface area contributed by atoms with Crippen molar-refractivity contribution in [3.63, 3.8) is 0 Å². The number of rotatable bonds is 8. The lowest BCUT2D eigenvalue weighted by Gasteiger charge is -2.13. The summed E-state index contributed by atoms with van der Waals surface area (Å²) >= 11 is 4.76. The van der Waals surface area contributed by atoms with Crippen molar-refractivity contribution in [3.8, 4) is 11.5 Å². The standard InChI is InChI=1S/C24H24BrNO5S/c1-4-29-18-12-15(17(25)14-19(18)30-5-2)13-20-22(27)21(24(28)31-6-3)23(32-20)26-16-10-8-7-9-11-16/h7-14,27H,4-6H2,1-3H3/b20-13-,26-23?. The van der Waals surface area contributed by atoms with Crippen LogP contribution >= 0.6 is 27.7 Å². The highest BCUT2D eigenvalue weighted by Gasteiger charge is 2.33. The van der Waals surface area contributed by atoms with Crippen LogP contribution in [0, 0.1) is 0 Å². The van der Waals surface area contributed by atoms with Gasteiger partial charge in [-0.1, -0.05) is 45.9 Å². The minimum atomic E-state index is -0.614. The van der Waals surface area contributed by atoms with E-state index < -0.39 is 5.97 Å². The zero-order valence-corrected chi connectivity index (χ0v) is 20.5. The predicted molar refractivity (Wildman–Crippen MR) is 132 cm³/mol. The molecule has 0 bridgehead atoms. The second-order valence-corrected chi connectivity index (χ2v) is 8.38. The molecule has 0 aromatic heterocycles. The van der Waals surface area contributed by atoms with Crippen molar-refractivity contribution in [2.24, 2.45) is 4.99 Å². The van der Waals surface area contributed by atoms with Crippen LogP contribution in [0.3, 0.4) is 0 Å². The lowest BCUT2D eigenvalue weighted by Crippen LogP contribution is -2.12. The van der Waals surface area contributed by atoms with Gasteiger partial charge in [0.25, 0.3) is 0 Å². The first kappa shape index (κ1) is 23.9. The third kappa shape index (κ3) is 5.55. The van der Waals surface area contributed by atoms with Crippen LogP contribution in [-0.2, 0) is 9.53 Å². The Morgan fingerprint density at radius 3 is 2.34 bits per heavy atom. The molecule has 0 unspecified atom stereocenters. The van der Waals surface area contributed by atoms with E-state index >= 15 is 0 Å². The molecule has 1 N–H and O–H groups in total. The van der Waals surface area contributed by atoms with Gasteiger partial charge >= 0.3 is 5.97 Å². The van der Waals surface area contributed by atoms with E-state index in [0.29, 0.717) is 40.3 Å². The molecule has 0 aliphatic carbocycles. The summed E-state index contributed by atoms with van der Waals surface area (Å²) in [5, 5.41) is 11.3. The number of aliphatic hydroxyl groups is 1. The third-order valence-electron chi connectivity index (χ3n) is 4.31. The van der Waals surface area contributed by atoms with Crippen LogP contribution < -0.4 is 9.47 Å². The van der Waals surface area contributed by atoms with E-state index in [-0.39, 0.29) is 17.9 Å². The number of hydrogen-bond donors (Lipinski definition) is 1. The minimum absolute atomic E-state index is 0.0547. The minimum Gasteiger partial charge on any atom is -0.506 e. The highest BCUT2D eigenvalue weighted by Crippen LogP contribution is 2.42. The fourth-order valence-electron chi connectivity index (χ4n) is 2.95. The molecule has 8 heteroatoms. The largest absolute Gasteiger partial charge is 0.506 e. The molecular formula is C24H24BrNO5S. The lowest BCUT2D eigenvalue weighted by atomic mass is 10.1. The molecule has 0 spiro atoms. The number of esters is 1. The van der Waals surface area contributed by atoms with Gasteiger partial charge in [0.1, 0.15) is 16.4 Å². The van der Waals surface area contributed by atoms with Crippen molar-refractivity contribution >= 4 is 50.5 Å². The molecule has 6 nitrogen and oxygen atoms in total. The molecule has 1 aliphatic heterocycles. The normalized spacial score (nSPS) is 16.0. The van der Waals surface area contributed by atoms with E-state index in [2.05, 4.69) is 20.9 Å². The fraction of sp³-hybridized carbons (Fsp3) is 0.250. The van der Waals surface area contributed by atoms with E-state index in [9.17, 15) is 9.90 Å². The van der Waals surface area contributed by atoms with Gasteiger partial charge in [-0.3, -0.25) is 0 Å². The van der Waals surface area contributed by atoms with E-state index in [1.807, 2.05) is 56.3 Å². The number of halogens is 1. The Hall–Kier alpha value is -2.71. The lowest BCUT2D eigenvalue weighted by molar-refractivity contribution is -0.138. The van der Waals surface area contributed by atoms with E-state index in [4.69, 9.17) is 14.2 Å². The van der Waals surface area contributed by atoms with Crippen molar-refractivity contribution in [2.45, 2.75) is 20.8 Å². The van der Waals surface area contributed by atoms with Crippen LogP contribution in [0.25, 0.3) is 6.08 Å². The molecule has 0 fully saturated rings. The average molecular weight is 518 g/mol. The molecular weight excluding hydrogens is 494 g/mol. The quantitative estimate of drug-likeness (QED) is 0.406. The molecule has 0 saturated carbocycles. The van der Waals surface area contributed by atoms with Gasteiger partial charge < -0.3 is 19.3 Å². The molecule has 32 heavy (non-hydrogen) atoms. The summed E-state index contributed by atoms with van der Waals surface area (Å²) in [5.74, 6) is 0.443. The highest BCUT2D eigenvalue weighted by molar-refractivity contribution is 9.10. The van der Waals surface area contributed by atoms with E-state index in [1.165, 1.54) is 11.8 Å². The maximum atomic E-state index is 12.6. The topological polar surface area (TPSA) is 77.4 Å². The van der Waals surface area contributed by atoms with Gasteiger partial charge in [-0.15, -0.1) is 0 Å². The van der Waals surface area contributed by atoms with Crippen molar-refractivity contribution in [1.29, 1.82) is 0 Å². The van der Waals surface area contributed by atoms with Gasteiger partial charge in [-0.25, -0.2) is 9.79 Å². The Morgan fingerprint density at radius 1 is 1.06 bits per heavy atom. The number of thioether (sulfide) groups is 1. The van der Waals surface area contributed by atoms with Gasteiger partial charge in [0.15, 0.2) is 11.5 Å². The van der Waals surface area contributed by atoms with Crippen LogP contribution in [0.15, 0.2) is 68.2 Å². The molecule has 168 valence electrons. The summed E-state index contributed by atoms with van der Waals surface area (Å²) in [6.07, 6.45) is 1.77. The Bertz CT molecular complexity index is 1080. The molecule has 1 aliphatic rings. The number of carbonyl (C=O) groups excluding carboxylic acids is 1. The average Bonchev–Trinajstić information content (AvgIpc) is 3.07. The number of ether oxygens (including phenoxy) is 3. The smallest absolute Gasteiger partial charge is 0.344 e. The van der Waals surface area contributed by atoms with Gasteiger partial charge in [0.05, 0.1) is 30.4 Å². The summed E-state index contributed by atoms with van der Waals surface area (Å²) in [5.41, 5.74) is 1.49. The molecule has 1 heterocycles. The maximum absolute atomic E-state index is 12.6. The summed E-state index contributed by atoms with van der Waals surface area (Å²) in [6, 6.07) is 12.9. The number of aliphatic imine (C=N–C) groups is 1. The molecule has 2 aromatic rings. The van der Waals surface area contributed by atoms with Crippen molar-refractivity contribution in [1.82, 2.24) is 0 Å². The first-order valence-electron chi connectivity index (χ1n) is 10.2. The number of hydrogen-bond acceptors (Lipinski definition) is 7. The summed E-state index contributed by atoms with van der Waals surface area (Å²) in [4.78, 5) is 17.6. The van der Waals surface area contributed by atoms with Crippen LogP contribution in [0.4, 0.5) is 5.69 Å². The Labute approximate surface area is 200 Å². The molecule has 0 atom stereocenters.